The first-order valence-electron chi connectivity index (χ1n) is 10.0. The van der Waals surface area contributed by atoms with Gasteiger partial charge in [0.15, 0.2) is 6.73 Å². The van der Waals surface area contributed by atoms with Gasteiger partial charge < -0.3 is 14.8 Å². The van der Waals surface area contributed by atoms with Gasteiger partial charge in [0.1, 0.15) is 5.75 Å². The molecule has 31 heavy (non-hydrogen) atoms. The number of aryl methyl sites for hydroxylation is 1. The van der Waals surface area contributed by atoms with Crippen LogP contribution in [0.1, 0.15) is 23.7 Å². The van der Waals surface area contributed by atoms with Crippen LogP contribution < -0.4 is 10.1 Å². The fourth-order valence-corrected chi connectivity index (χ4v) is 3.98. The molecule has 0 saturated carbocycles. The lowest BCUT2D eigenvalue weighted by atomic mass is 10.1. The second-order valence-corrected chi connectivity index (χ2v) is 8.06. The molecular formula is C22H25N3O5S. The minimum Gasteiger partial charge on any atom is -0.493 e. The van der Waals surface area contributed by atoms with E-state index in [1.807, 2.05) is 36.5 Å². The molecule has 1 atom stereocenters. The maximum absolute atomic E-state index is 12.4. The normalized spacial score (nSPS) is 15.8. The maximum Gasteiger partial charge on any atom is 0.408 e. The minimum atomic E-state index is -0.696. The van der Waals surface area contributed by atoms with Gasteiger partial charge in [0, 0.05) is 25.4 Å². The third kappa shape index (κ3) is 6.21. The van der Waals surface area contributed by atoms with E-state index < -0.39 is 16.6 Å². The van der Waals surface area contributed by atoms with Crippen LogP contribution >= 0.6 is 11.8 Å². The van der Waals surface area contributed by atoms with E-state index in [2.05, 4.69) is 23.3 Å². The Balaban J connectivity index is 1.47. The van der Waals surface area contributed by atoms with Crippen molar-refractivity contribution in [1.82, 2.24) is 15.2 Å². The van der Waals surface area contributed by atoms with Crippen molar-refractivity contribution in [1.29, 1.82) is 0 Å². The zero-order valence-corrected chi connectivity index (χ0v) is 18.3. The van der Waals surface area contributed by atoms with Gasteiger partial charge in [-0.15, -0.1) is 0 Å². The van der Waals surface area contributed by atoms with E-state index >= 15 is 0 Å². The van der Waals surface area contributed by atoms with E-state index in [-0.39, 0.29) is 12.6 Å². The number of alkyl carbamates (subject to hydrolysis) is 1. The summed E-state index contributed by atoms with van der Waals surface area (Å²) < 4.78 is 10.6. The van der Waals surface area contributed by atoms with E-state index in [0.29, 0.717) is 13.0 Å². The highest BCUT2D eigenvalue weighted by Crippen LogP contribution is 2.30. The van der Waals surface area contributed by atoms with E-state index in [9.17, 15) is 14.4 Å². The van der Waals surface area contributed by atoms with Crippen LogP contribution in [0.5, 0.6) is 5.75 Å². The topological polar surface area (TPSA) is 97.8 Å². The number of hydrogen-bond donors (Lipinski definition) is 1. The summed E-state index contributed by atoms with van der Waals surface area (Å²) >= 11 is 0.942. The third-order valence-corrected chi connectivity index (χ3v) is 5.87. The number of hydrogen-bond acceptors (Lipinski definition) is 7. The number of carbonyl (C=O) groups excluding carboxylic acids is 3. The summed E-state index contributed by atoms with van der Waals surface area (Å²) in [4.78, 5) is 41.0. The van der Waals surface area contributed by atoms with Crippen molar-refractivity contribution in [3.63, 3.8) is 0 Å². The number of nitrogens with one attached hydrogen (secondary N) is 1. The van der Waals surface area contributed by atoms with Gasteiger partial charge >= 0.3 is 6.09 Å². The molecule has 2 heterocycles. The van der Waals surface area contributed by atoms with Gasteiger partial charge in [-0.2, -0.15) is 0 Å². The van der Waals surface area contributed by atoms with Crippen molar-refractivity contribution in [3.05, 3.63) is 59.4 Å². The van der Waals surface area contributed by atoms with Crippen LogP contribution in [0.3, 0.4) is 0 Å². The van der Waals surface area contributed by atoms with Crippen molar-refractivity contribution < 1.29 is 23.9 Å². The Hall–Kier alpha value is -3.07. The molecule has 0 aliphatic carbocycles. The molecule has 1 fully saturated rings. The van der Waals surface area contributed by atoms with E-state index in [0.717, 1.165) is 46.5 Å². The van der Waals surface area contributed by atoms with Crippen molar-refractivity contribution in [2.24, 2.45) is 0 Å². The van der Waals surface area contributed by atoms with Gasteiger partial charge in [-0.1, -0.05) is 36.9 Å². The molecule has 8 nitrogen and oxygen atoms in total. The van der Waals surface area contributed by atoms with Gasteiger partial charge in [-0.25, -0.2) is 9.69 Å². The van der Waals surface area contributed by atoms with Crippen LogP contribution in [0.2, 0.25) is 0 Å². The maximum atomic E-state index is 12.4. The molecule has 1 saturated heterocycles. The first kappa shape index (κ1) is 22.6. The SMILES string of the molecule is CCc1ccc(CCOc2ccc(CC3SC(=O)N(COC(=O)NC)C3=O)cc2)nc1. The Kier molecular flexibility index (Phi) is 7.88. The molecule has 2 aromatic rings. The van der Waals surface area contributed by atoms with Crippen molar-refractivity contribution in [2.45, 2.75) is 31.4 Å². The summed E-state index contributed by atoms with van der Waals surface area (Å²) in [5, 5.41) is 1.32. The second kappa shape index (κ2) is 10.8. The highest BCUT2D eigenvalue weighted by molar-refractivity contribution is 8.15. The first-order valence-corrected chi connectivity index (χ1v) is 10.9. The number of pyridine rings is 1. The lowest BCUT2D eigenvalue weighted by Gasteiger charge is -2.13. The van der Waals surface area contributed by atoms with E-state index in [1.165, 1.54) is 12.6 Å². The molecule has 1 aromatic carbocycles. The van der Waals surface area contributed by atoms with Gasteiger partial charge in [-0.05, 0) is 42.2 Å². The molecule has 0 spiro atoms. The number of aromatic nitrogens is 1. The molecule has 9 heteroatoms. The number of carbonyl (C=O) groups is 3. The molecule has 1 aliphatic heterocycles. The molecule has 1 aromatic heterocycles. The van der Waals surface area contributed by atoms with Gasteiger partial charge in [0.05, 0.1) is 11.9 Å². The fraction of sp³-hybridized carbons (Fsp3) is 0.364. The molecule has 3 rings (SSSR count). The average molecular weight is 444 g/mol. The first-order chi connectivity index (χ1) is 15.0. The number of ether oxygens (including phenoxy) is 2. The Morgan fingerprint density at radius 1 is 1.16 bits per heavy atom. The number of imide groups is 1. The predicted octanol–water partition coefficient (Wildman–Crippen LogP) is 3.19. The minimum absolute atomic E-state index is 0.360. The molecule has 164 valence electrons. The summed E-state index contributed by atoms with van der Waals surface area (Å²) in [7, 11) is 1.40. The Bertz CT molecular complexity index is 918. The van der Waals surface area contributed by atoms with Gasteiger partial charge in [0.25, 0.3) is 5.24 Å². The van der Waals surface area contributed by atoms with Crippen LogP contribution in [-0.4, -0.2) is 52.8 Å². The standard InChI is InChI=1S/C22H25N3O5S/c1-3-15-4-7-17(24-13-15)10-11-29-18-8-5-16(6-9-18)12-19-20(26)25(22(28)31-19)14-30-21(27)23-2/h4-9,13,19H,3,10-12,14H2,1-2H3,(H,23,27). The summed E-state index contributed by atoms with van der Waals surface area (Å²) in [6, 6.07) is 11.6. The Labute approximate surface area is 185 Å². The van der Waals surface area contributed by atoms with E-state index in [4.69, 9.17) is 9.47 Å². The van der Waals surface area contributed by atoms with Crippen molar-refractivity contribution in [3.8, 4) is 5.75 Å². The molecule has 0 radical (unpaired) electrons. The van der Waals surface area contributed by atoms with Crippen LogP contribution in [0.4, 0.5) is 9.59 Å². The fourth-order valence-electron chi connectivity index (χ4n) is 2.96. The molecule has 1 N–H and O–H groups in total. The van der Waals surface area contributed by atoms with Crippen LogP contribution in [-0.2, 0) is 28.8 Å². The number of thioether (sulfide) groups is 1. The summed E-state index contributed by atoms with van der Waals surface area (Å²) in [5.74, 6) is 0.372. The molecule has 0 bridgehead atoms. The van der Waals surface area contributed by atoms with Gasteiger partial charge in [0.2, 0.25) is 5.91 Å². The summed E-state index contributed by atoms with van der Waals surface area (Å²) in [5.41, 5.74) is 3.11. The monoisotopic (exact) mass is 443 g/mol. The molecular weight excluding hydrogens is 418 g/mol. The lowest BCUT2D eigenvalue weighted by molar-refractivity contribution is -0.129. The number of benzene rings is 1. The number of rotatable bonds is 9. The van der Waals surface area contributed by atoms with Crippen LogP contribution in [0.15, 0.2) is 42.6 Å². The van der Waals surface area contributed by atoms with Crippen molar-refractivity contribution in [2.75, 3.05) is 20.4 Å². The quantitative estimate of drug-likeness (QED) is 0.636. The van der Waals surface area contributed by atoms with E-state index in [1.54, 1.807) is 0 Å². The third-order valence-electron chi connectivity index (χ3n) is 4.80. The second-order valence-electron chi connectivity index (χ2n) is 6.91. The van der Waals surface area contributed by atoms with Crippen molar-refractivity contribution >= 4 is 29.0 Å². The van der Waals surface area contributed by atoms with Crippen LogP contribution in [0.25, 0.3) is 0 Å². The Morgan fingerprint density at radius 3 is 2.55 bits per heavy atom. The Morgan fingerprint density at radius 2 is 1.90 bits per heavy atom. The van der Waals surface area contributed by atoms with Gasteiger partial charge in [-0.3, -0.25) is 14.6 Å². The molecule has 1 aliphatic rings. The number of amides is 3. The smallest absolute Gasteiger partial charge is 0.408 e. The lowest BCUT2D eigenvalue weighted by Crippen LogP contribution is -2.36. The summed E-state index contributed by atoms with van der Waals surface area (Å²) in [6.07, 6.45) is 3.29. The van der Waals surface area contributed by atoms with Crippen LogP contribution in [0, 0.1) is 0 Å². The largest absolute Gasteiger partial charge is 0.493 e. The molecule has 1 unspecified atom stereocenters. The average Bonchev–Trinajstić information content (AvgIpc) is 3.06. The highest BCUT2D eigenvalue weighted by atomic mass is 32.2. The summed E-state index contributed by atoms with van der Waals surface area (Å²) in [6.45, 7) is 2.23. The number of nitrogens with zero attached hydrogens (tertiary/aromatic N) is 2. The predicted molar refractivity (Wildman–Crippen MR) is 117 cm³/mol. The zero-order chi connectivity index (χ0) is 22.2. The zero-order valence-electron chi connectivity index (χ0n) is 17.5. The molecule has 3 amide bonds. The highest BCUT2D eigenvalue weighted by Gasteiger charge is 2.40.